The van der Waals surface area contributed by atoms with Gasteiger partial charge >= 0.3 is 0 Å². The van der Waals surface area contributed by atoms with Gasteiger partial charge in [0.25, 0.3) is 0 Å². The molecule has 2 aromatic rings. The Labute approximate surface area is 84.0 Å². The van der Waals surface area contributed by atoms with Gasteiger partial charge in [0, 0.05) is 0 Å². The van der Waals surface area contributed by atoms with Crippen molar-refractivity contribution in [1.82, 2.24) is 0 Å². The molecule has 1 radical (unpaired) electrons. The van der Waals surface area contributed by atoms with E-state index in [2.05, 4.69) is 6.07 Å². The molecule has 0 amide bonds. The summed E-state index contributed by atoms with van der Waals surface area (Å²) in [6.45, 7) is 3.54. The highest BCUT2D eigenvalue weighted by Crippen LogP contribution is 2.23. The molecule has 0 aliphatic rings. The van der Waals surface area contributed by atoms with E-state index in [1.807, 2.05) is 36.4 Å². The molecule has 0 saturated carbocycles. The molecule has 1 heteroatoms. The molecule has 0 saturated heterocycles. The third-order valence-electron chi connectivity index (χ3n) is 2.32. The van der Waals surface area contributed by atoms with Gasteiger partial charge in [-0.2, -0.15) is 0 Å². The fourth-order valence-electron chi connectivity index (χ4n) is 1.47. The highest BCUT2D eigenvalue weighted by Gasteiger charge is 2.15. The van der Waals surface area contributed by atoms with Crippen molar-refractivity contribution in [3.05, 3.63) is 48.0 Å². The fraction of sp³-hybridized carbons (Fsp3) is 0.231. The van der Waals surface area contributed by atoms with Crippen LogP contribution in [-0.2, 0) is 5.60 Å². The summed E-state index contributed by atoms with van der Waals surface area (Å²) < 4.78 is 0. The van der Waals surface area contributed by atoms with Gasteiger partial charge in [-0.15, -0.1) is 0 Å². The van der Waals surface area contributed by atoms with Crippen LogP contribution >= 0.6 is 0 Å². The monoisotopic (exact) mass is 185 g/mol. The van der Waals surface area contributed by atoms with Crippen molar-refractivity contribution in [3.8, 4) is 0 Å². The number of rotatable bonds is 1. The maximum Gasteiger partial charge on any atom is 0.0846 e. The number of benzene rings is 2. The van der Waals surface area contributed by atoms with Crippen LogP contribution in [0.5, 0.6) is 0 Å². The maximum atomic E-state index is 9.82. The molecule has 0 aliphatic carbocycles. The van der Waals surface area contributed by atoms with Gasteiger partial charge in [-0.25, -0.2) is 0 Å². The molecule has 0 fully saturated rings. The third kappa shape index (κ3) is 1.64. The first-order valence-corrected chi connectivity index (χ1v) is 4.71. The first-order valence-electron chi connectivity index (χ1n) is 4.71. The Bertz CT molecular complexity index is 452. The van der Waals surface area contributed by atoms with Gasteiger partial charge in [0.2, 0.25) is 0 Å². The van der Waals surface area contributed by atoms with Crippen LogP contribution in [0.1, 0.15) is 19.4 Å². The molecule has 0 heterocycles. The molecular weight excluding hydrogens is 172 g/mol. The average Bonchev–Trinajstić information content (AvgIpc) is 2.16. The second-order valence-electron chi connectivity index (χ2n) is 4.02. The molecule has 0 bridgehead atoms. The fourth-order valence-corrected chi connectivity index (χ4v) is 1.47. The SMILES string of the molecule is CC(C)(O)c1[c]c2ccccc2cc1. The standard InChI is InChI=1S/C13H13O/c1-13(2,14)12-8-7-10-5-3-4-6-11(10)9-12/h3-8,14H,1-2H3. The van der Waals surface area contributed by atoms with Crippen LogP contribution in [0.25, 0.3) is 10.8 Å². The summed E-state index contributed by atoms with van der Waals surface area (Å²) in [5, 5.41) is 12.0. The van der Waals surface area contributed by atoms with Crippen LogP contribution in [0.2, 0.25) is 0 Å². The zero-order valence-electron chi connectivity index (χ0n) is 8.41. The van der Waals surface area contributed by atoms with E-state index in [-0.39, 0.29) is 0 Å². The smallest absolute Gasteiger partial charge is 0.0846 e. The lowest BCUT2D eigenvalue weighted by Crippen LogP contribution is -2.15. The number of aliphatic hydroxyl groups is 1. The van der Waals surface area contributed by atoms with Crippen molar-refractivity contribution in [2.75, 3.05) is 0 Å². The van der Waals surface area contributed by atoms with Crippen molar-refractivity contribution in [3.63, 3.8) is 0 Å². The minimum atomic E-state index is -0.815. The molecule has 2 rings (SSSR count). The Hall–Kier alpha value is -1.34. The zero-order valence-corrected chi connectivity index (χ0v) is 8.41. The van der Waals surface area contributed by atoms with E-state index in [9.17, 15) is 5.11 Å². The summed E-state index contributed by atoms with van der Waals surface area (Å²) in [5.74, 6) is 0. The van der Waals surface area contributed by atoms with Crippen molar-refractivity contribution < 1.29 is 5.11 Å². The predicted molar refractivity (Wildman–Crippen MR) is 58.0 cm³/mol. The van der Waals surface area contributed by atoms with Crippen molar-refractivity contribution in [2.24, 2.45) is 0 Å². The largest absolute Gasteiger partial charge is 0.386 e. The topological polar surface area (TPSA) is 20.2 Å². The van der Waals surface area contributed by atoms with Gasteiger partial charge in [-0.1, -0.05) is 36.4 Å². The zero-order chi connectivity index (χ0) is 10.2. The van der Waals surface area contributed by atoms with Crippen LogP contribution in [0.3, 0.4) is 0 Å². The van der Waals surface area contributed by atoms with Crippen LogP contribution in [-0.4, -0.2) is 5.11 Å². The Kier molecular flexibility index (Phi) is 2.05. The van der Waals surface area contributed by atoms with E-state index >= 15 is 0 Å². The quantitative estimate of drug-likeness (QED) is 0.724. The van der Waals surface area contributed by atoms with E-state index in [1.165, 1.54) is 0 Å². The van der Waals surface area contributed by atoms with Crippen LogP contribution in [0.4, 0.5) is 0 Å². The van der Waals surface area contributed by atoms with Gasteiger partial charge in [0.15, 0.2) is 0 Å². The molecule has 0 atom stereocenters. The molecule has 0 spiro atoms. The molecular formula is C13H13O. The van der Waals surface area contributed by atoms with Gasteiger partial charge in [-0.3, -0.25) is 0 Å². The third-order valence-corrected chi connectivity index (χ3v) is 2.32. The summed E-state index contributed by atoms with van der Waals surface area (Å²) in [6.07, 6.45) is 0. The lowest BCUT2D eigenvalue weighted by molar-refractivity contribution is 0.0785. The van der Waals surface area contributed by atoms with E-state index in [1.54, 1.807) is 13.8 Å². The second-order valence-corrected chi connectivity index (χ2v) is 4.02. The summed E-state index contributed by atoms with van der Waals surface area (Å²) in [7, 11) is 0. The Morgan fingerprint density at radius 3 is 2.50 bits per heavy atom. The normalized spacial score (nSPS) is 11.9. The highest BCUT2D eigenvalue weighted by molar-refractivity contribution is 5.82. The molecule has 1 N–H and O–H groups in total. The van der Waals surface area contributed by atoms with Crippen molar-refractivity contribution in [2.45, 2.75) is 19.4 Å². The van der Waals surface area contributed by atoms with E-state index in [0.717, 1.165) is 16.3 Å². The minimum Gasteiger partial charge on any atom is -0.386 e. The van der Waals surface area contributed by atoms with Crippen molar-refractivity contribution in [1.29, 1.82) is 0 Å². The van der Waals surface area contributed by atoms with Crippen molar-refractivity contribution >= 4 is 10.8 Å². The van der Waals surface area contributed by atoms with Gasteiger partial charge in [-0.05, 0) is 36.2 Å². The van der Waals surface area contributed by atoms with Crippen LogP contribution < -0.4 is 0 Å². The summed E-state index contributed by atoms with van der Waals surface area (Å²) in [6, 6.07) is 15.2. The van der Waals surface area contributed by atoms with Gasteiger partial charge in [0.05, 0.1) is 5.60 Å². The molecule has 1 nitrogen and oxygen atoms in total. The molecule has 14 heavy (non-hydrogen) atoms. The highest BCUT2D eigenvalue weighted by atomic mass is 16.3. The van der Waals surface area contributed by atoms with Crippen LogP contribution in [0, 0.1) is 6.07 Å². The first-order chi connectivity index (χ1) is 6.57. The molecule has 71 valence electrons. The number of fused-ring (bicyclic) bond motifs is 1. The molecule has 0 aliphatic heterocycles. The lowest BCUT2D eigenvalue weighted by Gasteiger charge is -2.17. The Morgan fingerprint density at radius 1 is 1.07 bits per heavy atom. The Morgan fingerprint density at radius 2 is 1.79 bits per heavy atom. The summed E-state index contributed by atoms with van der Waals surface area (Å²) in [5.41, 5.74) is 0.0144. The predicted octanol–water partition coefficient (Wildman–Crippen LogP) is 2.87. The maximum absolute atomic E-state index is 9.82. The van der Waals surface area contributed by atoms with E-state index in [4.69, 9.17) is 0 Å². The van der Waals surface area contributed by atoms with Gasteiger partial charge in [0.1, 0.15) is 0 Å². The lowest BCUT2D eigenvalue weighted by atomic mass is 9.96. The summed E-state index contributed by atoms with van der Waals surface area (Å²) in [4.78, 5) is 0. The average molecular weight is 185 g/mol. The molecule has 0 unspecified atom stereocenters. The van der Waals surface area contributed by atoms with E-state index < -0.39 is 5.60 Å². The van der Waals surface area contributed by atoms with E-state index in [0.29, 0.717) is 0 Å². The number of hydrogen-bond acceptors (Lipinski definition) is 1. The minimum absolute atomic E-state index is 0.815. The summed E-state index contributed by atoms with van der Waals surface area (Å²) >= 11 is 0. The number of hydrogen-bond donors (Lipinski definition) is 1. The van der Waals surface area contributed by atoms with Gasteiger partial charge < -0.3 is 5.11 Å². The first kappa shape index (κ1) is 9.22. The molecule has 0 aromatic heterocycles. The molecule has 2 aromatic carbocycles. The second kappa shape index (κ2) is 3.10. The Balaban J connectivity index is 2.63. The van der Waals surface area contributed by atoms with Crippen LogP contribution in [0.15, 0.2) is 36.4 Å².